The highest BCUT2D eigenvalue weighted by Crippen LogP contribution is 2.63. The summed E-state index contributed by atoms with van der Waals surface area (Å²) >= 11 is 3.38. The molecular formula is C28H27N3O3S2. The third-order valence-electron chi connectivity index (χ3n) is 7.86. The van der Waals surface area contributed by atoms with Gasteiger partial charge in [0.25, 0.3) is 11.8 Å². The lowest BCUT2D eigenvalue weighted by Crippen LogP contribution is -2.52. The highest BCUT2D eigenvalue weighted by molar-refractivity contribution is 7.19. The van der Waals surface area contributed by atoms with Crippen LogP contribution in [0.2, 0.25) is 0 Å². The highest BCUT2D eigenvalue weighted by Gasteiger charge is 2.47. The molecule has 8 heteroatoms. The minimum atomic E-state index is -0.617. The number of imide groups is 2. The van der Waals surface area contributed by atoms with Crippen LogP contribution < -0.4 is 4.90 Å². The summed E-state index contributed by atoms with van der Waals surface area (Å²) < 4.78 is 0. The molecule has 0 N–H and O–H groups in total. The van der Waals surface area contributed by atoms with Gasteiger partial charge in [0.2, 0.25) is 0 Å². The van der Waals surface area contributed by atoms with Crippen molar-refractivity contribution < 1.29 is 14.4 Å². The average molecular weight is 518 g/mol. The van der Waals surface area contributed by atoms with Crippen LogP contribution in [-0.4, -0.2) is 41.7 Å². The predicted molar refractivity (Wildman–Crippen MR) is 145 cm³/mol. The zero-order valence-corrected chi connectivity index (χ0v) is 23.0. The molecule has 0 saturated carbocycles. The van der Waals surface area contributed by atoms with Gasteiger partial charge in [-0.3, -0.25) is 24.3 Å². The molecule has 3 aromatic rings. The molecule has 4 amide bonds. The van der Waals surface area contributed by atoms with Crippen molar-refractivity contribution >= 4 is 62.3 Å². The van der Waals surface area contributed by atoms with Gasteiger partial charge in [-0.25, -0.2) is 4.79 Å². The number of carbonyl (C=O) groups is 3. The molecule has 2 aromatic heterocycles. The van der Waals surface area contributed by atoms with Crippen molar-refractivity contribution in [2.24, 2.45) is 0 Å². The molecule has 0 radical (unpaired) electrons. The molecule has 184 valence electrons. The Morgan fingerprint density at radius 1 is 0.778 bits per heavy atom. The average Bonchev–Trinajstić information content (AvgIpc) is 3.44. The van der Waals surface area contributed by atoms with E-state index in [4.69, 9.17) is 0 Å². The lowest BCUT2D eigenvalue weighted by molar-refractivity contribution is -0.134. The second-order valence-corrected chi connectivity index (χ2v) is 13.1. The lowest BCUT2D eigenvalue weighted by atomic mass is 9.68. The Balaban J connectivity index is 1.59. The number of thiophene rings is 2. The topological polar surface area (TPSA) is 60.9 Å². The van der Waals surface area contributed by atoms with E-state index in [0.29, 0.717) is 0 Å². The smallest absolute Gasteiger partial charge is 0.292 e. The van der Waals surface area contributed by atoms with Gasteiger partial charge in [0.05, 0.1) is 5.69 Å². The lowest BCUT2D eigenvalue weighted by Gasteiger charge is -2.46. The fraction of sp³-hybridized carbons (Fsp3) is 0.321. The Morgan fingerprint density at radius 3 is 1.89 bits per heavy atom. The summed E-state index contributed by atoms with van der Waals surface area (Å²) in [4.78, 5) is 44.3. The second kappa shape index (κ2) is 7.17. The van der Waals surface area contributed by atoms with Crippen molar-refractivity contribution in [2.45, 2.75) is 45.4 Å². The molecule has 0 unspecified atom stereocenters. The molecule has 1 saturated heterocycles. The molecule has 1 aromatic carbocycles. The van der Waals surface area contributed by atoms with E-state index in [1.165, 1.54) is 46.4 Å². The van der Waals surface area contributed by atoms with Crippen molar-refractivity contribution in [3.05, 3.63) is 67.9 Å². The number of para-hydroxylation sites is 1. The SMILES string of the molecule is Cc1cc2c(s1)N1c3sc(C=C4C(=O)N(C)C(=O)N(C)C4=O)cc3C(C)(C)c3cccc(c31)C2(C)C. The Labute approximate surface area is 218 Å². The zero-order chi connectivity index (χ0) is 25.9. The number of anilines is 3. The number of amides is 4. The highest BCUT2D eigenvalue weighted by atomic mass is 32.1. The van der Waals surface area contributed by atoms with Gasteiger partial charge in [-0.2, -0.15) is 0 Å². The minimum absolute atomic E-state index is 0.00152. The first-order valence-corrected chi connectivity index (χ1v) is 13.5. The van der Waals surface area contributed by atoms with E-state index in [0.717, 1.165) is 25.2 Å². The van der Waals surface area contributed by atoms with Gasteiger partial charge in [0.1, 0.15) is 15.6 Å². The first-order chi connectivity index (χ1) is 16.9. The van der Waals surface area contributed by atoms with Crippen molar-refractivity contribution in [3.63, 3.8) is 0 Å². The molecule has 0 spiro atoms. The molecule has 1 fully saturated rings. The van der Waals surface area contributed by atoms with Gasteiger partial charge in [-0.15, -0.1) is 22.7 Å². The number of rotatable bonds is 1. The van der Waals surface area contributed by atoms with E-state index in [1.54, 1.807) is 28.7 Å². The predicted octanol–water partition coefficient (Wildman–Crippen LogP) is 6.30. The summed E-state index contributed by atoms with van der Waals surface area (Å²) in [6.45, 7) is 11.2. The van der Waals surface area contributed by atoms with Gasteiger partial charge in [0, 0.05) is 34.7 Å². The van der Waals surface area contributed by atoms with Crippen LogP contribution in [0.25, 0.3) is 6.08 Å². The van der Waals surface area contributed by atoms with E-state index in [-0.39, 0.29) is 16.4 Å². The molecule has 6 nitrogen and oxygen atoms in total. The Kier molecular flexibility index (Phi) is 4.62. The third-order valence-corrected chi connectivity index (χ3v) is 9.96. The number of likely N-dealkylation sites (N-methyl/N-ethyl adjacent to an activating group) is 2. The fourth-order valence-corrected chi connectivity index (χ4v) is 8.21. The number of hydrogen-bond acceptors (Lipinski definition) is 6. The third kappa shape index (κ3) is 2.80. The van der Waals surface area contributed by atoms with Crippen LogP contribution in [0.5, 0.6) is 0 Å². The standard InChI is InChI=1S/C28H27N3O3S2/c1-14-11-19-24(35-14)31-21-17(27(19,2)3)9-8-10-18(21)28(4,5)20-13-15(36-25(20)31)12-16-22(32)29(6)26(34)30(7)23(16)33/h8-13H,1-7H3. The summed E-state index contributed by atoms with van der Waals surface area (Å²) in [5.74, 6) is -1.15. The number of benzene rings is 1. The van der Waals surface area contributed by atoms with Crippen LogP contribution in [0.3, 0.4) is 0 Å². The molecular weight excluding hydrogens is 490 g/mol. The van der Waals surface area contributed by atoms with Gasteiger partial charge >= 0.3 is 6.03 Å². The molecule has 0 aliphatic carbocycles. The van der Waals surface area contributed by atoms with Crippen molar-refractivity contribution in [2.75, 3.05) is 19.0 Å². The molecule has 3 aliphatic rings. The summed E-state index contributed by atoms with van der Waals surface area (Å²) in [7, 11) is 2.80. The van der Waals surface area contributed by atoms with Crippen LogP contribution in [-0.2, 0) is 20.4 Å². The van der Waals surface area contributed by atoms with Crippen LogP contribution in [0.15, 0.2) is 35.9 Å². The van der Waals surface area contributed by atoms with E-state index in [1.807, 2.05) is 0 Å². The second-order valence-electron chi connectivity index (χ2n) is 10.8. The first kappa shape index (κ1) is 23.2. The Bertz CT molecular complexity index is 1530. The van der Waals surface area contributed by atoms with Gasteiger partial charge in [-0.05, 0) is 47.4 Å². The monoisotopic (exact) mass is 517 g/mol. The first-order valence-electron chi connectivity index (χ1n) is 11.9. The molecule has 5 heterocycles. The van der Waals surface area contributed by atoms with Crippen molar-refractivity contribution in [3.8, 4) is 0 Å². The van der Waals surface area contributed by atoms with Crippen LogP contribution in [0.1, 0.15) is 59.7 Å². The molecule has 3 aliphatic heterocycles. The Hall–Kier alpha value is -3.23. The molecule has 0 atom stereocenters. The van der Waals surface area contributed by atoms with Gasteiger partial charge in [-0.1, -0.05) is 45.9 Å². The van der Waals surface area contributed by atoms with Gasteiger partial charge in [0.15, 0.2) is 0 Å². The number of urea groups is 1. The van der Waals surface area contributed by atoms with E-state index in [9.17, 15) is 14.4 Å². The van der Waals surface area contributed by atoms with Crippen molar-refractivity contribution in [1.29, 1.82) is 0 Å². The normalized spacial score (nSPS) is 19.4. The van der Waals surface area contributed by atoms with Crippen molar-refractivity contribution in [1.82, 2.24) is 9.80 Å². The number of nitrogens with zero attached hydrogens (tertiary/aromatic N) is 3. The van der Waals surface area contributed by atoms with Crippen LogP contribution >= 0.6 is 22.7 Å². The van der Waals surface area contributed by atoms with E-state index in [2.05, 4.69) is 69.9 Å². The number of aryl methyl sites for hydroxylation is 1. The number of carbonyl (C=O) groups excluding carboxylic acids is 3. The van der Waals surface area contributed by atoms with E-state index >= 15 is 0 Å². The maximum Gasteiger partial charge on any atom is 0.333 e. The number of barbiturate groups is 1. The van der Waals surface area contributed by atoms with Crippen LogP contribution in [0, 0.1) is 6.92 Å². The summed E-state index contributed by atoms with van der Waals surface area (Å²) in [6.07, 6.45) is 1.64. The Morgan fingerprint density at radius 2 is 1.31 bits per heavy atom. The fourth-order valence-electron chi connectivity index (χ4n) is 5.70. The molecule has 0 bridgehead atoms. The largest absolute Gasteiger partial charge is 0.333 e. The molecule has 36 heavy (non-hydrogen) atoms. The maximum atomic E-state index is 12.8. The van der Waals surface area contributed by atoms with Gasteiger partial charge < -0.3 is 0 Å². The zero-order valence-electron chi connectivity index (χ0n) is 21.3. The molecule has 6 rings (SSSR count). The number of hydrogen-bond donors (Lipinski definition) is 0. The van der Waals surface area contributed by atoms with E-state index < -0.39 is 17.8 Å². The summed E-state index contributed by atoms with van der Waals surface area (Å²) in [5.41, 5.74) is 5.89. The summed E-state index contributed by atoms with van der Waals surface area (Å²) in [6, 6.07) is 10.4. The maximum absolute atomic E-state index is 12.8. The quantitative estimate of drug-likeness (QED) is 0.281. The minimum Gasteiger partial charge on any atom is -0.292 e. The number of fused-ring (bicyclic) bond motifs is 4. The summed E-state index contributed by atoms with van der Waals surface area (Å²) in [5, 5.41) is 2.34. The van der Waals surface area contributed by atoms with Crippen LogP contribution in [0.4, 0.5) is 20.5 Å².